The Kier molecular flexibility index (Phi) is 1.96. The van der Waals surface area contributed by atoms with Crippen molar-refractivity contribution in [1.29, 1.82) is 0 Å². The molecule has 2 aromatic rings. The number of carboxylic acid groups (broad SMARTS) is 1. The van der Waals surface area contributed by atoms with E-state index in [0.717, 1.165) is 6.42 Å². The fraction of sp³-hybridized carbons (Fsp3) is 0.316. The number of hydrogen-bond acceptors (Lipinski definition) is 1. The van der Waals surface area contributed by atoms with Crippen molar-refractivity contribution in [3.05, 3.63) is 71.3 Å². The quantitative estimate of drug-likeness (QED) is 0.907. The summed E-state index contributed by atoms with van der Waals surface area (Å²) < 4.78 is 0. The van der Waals surface area contributed by atoms with Gasteiger partial charge in [0.2, 0.25) is 0 Å². The summed E-state index contributed by atoms with van der Waals surface area (Å²) in [6, 6.07) is 18.7. The number of aliphatic carboxylic acids is 1. The second kappa shape index (κ2) is 3.56. The minimum Gasteiger partial charge on any atom is -0.481 e. The normalized spacial score (nSPS) is 37.9. The van der Waals surface area contributed by atoms with E-state index in [2.05, 4.69) is 30.3 Å². The van der Waals surface area contributed by atoms with Gasteiger partial charge in [-0.2, -0.15) is 0 Å². The second-order valence-corrected chi connectivity index (χ2v) is 6.68. The lowest BCUT2D eigenvalue weighted by atomic mass is 9.81. The molecule has 0 aromatic heterocycles. The molecule has 0 aliphatic heterocycles. The van der Waals surface area contributed by atoms with Gasteiger partial charge in [-0.1, -0.05) is 54.6 Å². The van der Waals surface area contributed by atoms with Crippen molar-refractivity contribution < 1.29 is 9.90 Å². The zero-order valence-corrected chi connectivity index (χ0v) is 11.6. The van der Waals surface area contributed by atoms with Gasteiger partial charge in [0.15, 0.2) is 0 Å². The molecule has 5 rings (SSSR count). The van der Waals surface area contributed by atoms with E-state index in [-0.39, 0.29) is 11.8 Å². The molecule has 3 aliphatic rings. The molecule has 2 heteroatoms. The molecule has 2 nitrogen and oxygen atoms in total. The van der Waals surface area contributed by atoms with E-state index in [4.69, 9.17) is 0 Å². The van der Waals surface area contributed by atoms with Crippen LogP contribution in [-0.4, -0.2) is 11.1 Å². The highest BCUT2D eigenvalue weighted by atomic mass is 16.4. The molecule has 104 valence electrons. The third-order valence-corrected chi connectivity index (χ3v) is 6.12. The lowest BCUT2D eigenvalue weighted by molar-refractivity contribution is -0.144. The fourth-order valence-electron chi connectivity index (χ4n) is 5.47. The summed E-state index contributed by atoms with van der Waals surface area (Å²) >= 11 is 0. The maximum Gasteiger partial charge on any atom is 0.311 e. The Hall–Kier alpha value is -2.09. The minimum atomic E-state index is -0.594. The van der Waals surface area contributed by atoms with Crippen molar-refractivity contribution >= 4 is 5.97 Å². The Morgan fingerprint density at radius 1 is 1.00 bits per heavy atom. The average Bonchev–Trinajstić information content (AvgIpc) is 2.97. The van der Waals surface area contributed by atoms with Crippen LogP contribution in [0.2, 0.25) is 0 Å². The largest absolute Gasteiger partial charge is 0.481 e. The van der Waals surface area contributed by atoms with Gasteiger partial charge < -0.3 is 5.11 Å². The number of carbonyl (C=O) groups is 1. The average molecular weight is 276 g/mol. The molecular formula is C19H16O2. The Morgan fingerprint density at radius 3 is 2.38 bits per heavy atom. The molecule has 1 N–H and O–H groups in total. The Morgan fingerprint density at radius 2 is 1.67 bits per heavy atom. The third-order valence-electron chi connectivity index (χ3n) is 6.12. The highest BCUT2D eigenvalue weighted by Gasteiger charge is 2.82. The number of rotatable bonds is 2. The second-order valence-electron chi connectivity index (χ2n) is 6.68. The van der Waals surface area contributed by atoms with Crippen LogP contribution in [0.3, 0.4) is 0 Å². The van der Waals surface area contributed by atoms with E-state index in [1.165, 1.54) is 16.7 Å². The summed E-state index contributed by atoms with van der Waals surface area (Å²) in [5, 5.41) is 9.99. The minimum absolute atomic E-state index is 0.156. The summed E-state index contributed by atoms with van der Waals surface area (Å²) in [7, 11) is 0. The van der Waals surface area contributed by atoms with Gasteiger partial charge in [0.1, 0.15) is 0 Å². The number of fused-ring (bicyclic) bond motifs is 4. The van der Waals surface area contributed by atoms with E-state index in [1.807, 2.05) is 24.3 Å². The summed E-state index contributed by atoms with van der Waals surface area (Å²) in [6.07, 6.45) is 0.981. The van der Waals surface area contributed by atoms with Gasteiger partial charge >= 0.3 is 5.97 Å². The molecule has 3 aliphatic carbocycles. The molecule has 2 saturated carbocycles. The SMILES string of the molecule is O=C(O)[C@]12C3c4ccccc4C(C[C@@H]1c1ccccc1)C32. The Labute approximate surface area is 123 Å². The smallest absolute Gasteiger partial charge is 0.311 e. The third kappa shape index (κ3) is 1.15. The van der Waals surface area contributed by atoms with Crippen LogP contribution in [0.1, 0.15) is 40.9 Å². The highest BCUT2D eigenvalue weighted by Crippen LogP contribution is 2.85. The van der Waals surface area contributed by atoms with Gasteiger partial charge in [0.25, 0.3) is 0 Å². The summed E-state index contributed by atoms with van der Waals surface area (Å²) in [5.41, 5.74) is 3.36. The Bertz CT molecular complexity index is 751. The zero-order chi connectivity index (χ0) is 14.2. The highest BCUT2D eigenvalue weighted by molar-refractivity contribution is 5.86. The molecule has 0 saturated heterocycles. The van der Waals surface area contributed by atoms with Crippen molar-refractivity contribution in [2.45, 2.75) is 24.2 Å². The molecule has 0 radical (unpaired) electrons. The lowest BCUT2D eigenvalue weighted by Gasteiger charge is -2.21. The van der Waals surface area contributed by atoms with E-state index in [1.54, 1.807) is 0 Å². The first-order valence-corrected chi connectivity index (χ1v) is 7.63. The van der Waals surface area contributed by atoms with E-state index >= 15 is 0 Å². The summed E-state index contributed by atoms with van der Waals surface area (Å²) in [4.78, 5) is 12.1. The van der Waals surface area contributed by atoms with Gasteiger partial charge in [-0.05, 0) is 34.9 Å². The molecular weight excluding hydrogens is 260 g/mol. The van der Waals surface area contributed by atoms with Gasteiger partial charge in [-0.3, -0.25) is 4.79 Å². The van der Waals surface area contributed by atoms with Crippen LogP contribution in [0.5, 0.6) is 0 Å². The molecule has 2 fully saturated rings. The van der Waals surface area contributed by atoms with Crippen molar-refractivity contribution in [1.82, 2.24) is 0 Å². The van der Waals surface area contributed by atoms with Crippen LogP contribution < -0.4 is 0 Å². The first-order valence-electron chi connectivity index (χ1n) is 7.63. The van der Waals surface area contributed by atoms with Crippen LogP contribution in [0, 0.1) is 11.3 Å². The number of benzene rings is 2. The first-order chi connectivity index (χ1) is 10.3. The van der Waals surface area contributed by atoms with Crippen LogP contribution in [0.15, 0.2) is 54.6 Å². The number of hydrogen-bond donors (Lipinski definition) is 1. The predicted octanol–water partition coefficient (Wildman–Crippen LogP) is 3.76. The molecule has 0 spiro atoms. The number of carboxylic acids is 1. The maximum absolute atomic E-state index is 12.1. The molecule has 21 heavy (non-hydrogen) atoms. The van der Waals surface area contributed by atoms with Gasteiger partial charge in [0.05, 0.1) is 5.41 Å². The van der Waals surface area contributed by atoms with E-state index < -0.39 is 11.4 Å². The molecule has 5 atom stereocenters. The van der Waals surface area contributed by atoms with E-state index in [0.29, 0.717) is 11.8 Å². The van der Waals surface area contributed by atoms with Crippen molar-refractivity contribution in [3.63, 3.8) is 0 Å². The standard InChI is InChI=1S/C19H16O2/c20-18(21)19-15(11-6-2-1-3-7-11)10-14-12-8-4-5-9-13(12)16(19)17(14)19/h1-9,14-17H,10H2,(H,20,21)/t14?,15-,16?,17?,19+/m1/s1. The van der Waals surface area contributed by atoms with Crippen molar-refractivity contribution in [2.75, 3.05) is 0 Å². The summed E-state index contributed by atoms with van der Waals surface area (Å²) in [5.74, 6) is 0.548. The van der Waals surface area contributed by atoms with Crippen LogP contribution in [0.4, 0.5) is 0 Å². The van der Waals surface area contributed by atoms with Gasteiger partial charge in [0, 0.05) is 11.8 Å². The van der Waals surface area contributed by atoms with Gasteiger partial charge in [-0.15, -0.1) is 0 Å². The van der Waals surface area contributed by atoms with Crippen LogP contribution >= 0.6 is 0 Å². The fourth-order valence-corrected chi connectivity index (χ4v) is 5.47. The van der Waals surface area contributed by atoms with Crippen LogP contribution in [-0.2, 0) is 4.79 Å². The first kappa shape index (κ1) is 11.6. The zero-order valence-electron chi connectivity index (χ0n) is 11.6. The topological polar surface area (TPSA) is 37.3 Å². The van der Waals surface area contributed by atoms with Crippen molar-refractivity contribution in [2.24, 2.45) is 11.3 Å². The predicted molar refractivity (Wildman–Crippen MR) is 79.3 cm³/mol. The van der Waals surface area contributed by atoms with E-state index in [9.17, 15) is 9.90 Å². The Balaban J connectivity index is 1.69. The lowest BCUT2D eigenvalue weighted by Crippen LogP contribution is -2.24. The van der Waals surface area contributed by atoms with Gasteiger partial charge in [-0.25, -0.2) is 0 Å². The molecule has 3 unspecified atom stereocenters. The van der Waals surface area contributed by atoms with Crippen LogP contribution in [0.25, 0.3) is 0 Å². The summed E-state index contributed by atoms with van der Waals surface area (Å²) in [6.45, 7) is 0. The van der Waals surface area contributed by atoms with Crippen molar-refractivity contribution in [3.8, 4) is 0 Å². The molecule has 2 aromatic carbocycles. The maximum atomic E-state index is 12.1. The monoisotopic (exact) mass is 276 g/mol. The molecule has 0 heterocycles. The molecule has 0 bridgehead atoms. The molecule has 0 amide bonds.